The Morgan fingerprint density at radius 2 is 1.00 bits per heavy atom. The Morgan fingerprint density at radius 1 is 0.576 bits per heavy atom. The van der Waals surface area contributed by atoms with Crippen LogP contribution in [0.4, 0.5) is 0 Å². The molecule has 2 N–H and O–H groups in total. The number of rotatable bonds is 6. The van der Waals surface area contributed by atoms with Crippen molar-refractivity contribution in [3.8, 4) is 34.1 Å². The maximum absolute atomic E-state index is 11.3. The van der Waals surface area contributed by atoms with Crippen LogP contribution in [0, 0.1) is 0 Å². The molecule has 4 nitrogen and oxygen atoms in total. The zero-order chi connectivity index (χ0) is 23.0. The largest absolute Gasteiger partial charge is 0.507 e. The second kappa shape index (κ2) is 8.21. The van der Waals surface area contributed by atoms with Crippen LogP contribution in [0.3, 0.4) is 0 Å². The van der Waals surface area contributed by atoms with Crippen molar-refractivity contribution in [1.29, 1.82) is 0 Å². The molecule has 0 bridgehead atoms. The van der Waals surface area contributed by atoms with E-state index in [-0.39, 0.29) is 11.5 Å². The Morgan fingerprint density at radius 3 is 1.39 bits per heavy atom. The maximum atomic E-state index is 11.3. The molecule has 5 rings (SSSR count). The number of benzene rings is 4. The highest BCUT2D eigenvalue weighted by molar-refractivity contribution is 5.87. The number of fused-ring (bicyclic) bond motifs is 3. The van der Waals surface area contributed by atoms with Crippen molar-refractivity contribution in [3.63, 3.8) is 0 Å². The summed E-state index contributed by atoms with van der Waals surface area (Å²) in [5, 5.41) is 22.6. The van der Waals surface area contributed by atoms with Crippen LogP contribution in [-0.2, 0) is 5.41 Å². The van der Waals surface area contributed by atoms with E-state index in [1.807, 2.05) is 62.4 Å². The van der Waals surface area contributed by atoms with Crippen molar-refractivity contribution in [1.82, 2.24) is 0 Å². The average Bonchev–Trinajstić information content (AvgIpc) is 3.11. The third-order valence-corrected chi connectivity index (χ3v) is 6.32. The highest BCUT2D eigenvalue weighted by Crippen LogP contribution is 2.59. The van der Waals surface area contributed by atoms with Gasteiger partial charge in [-0.2, -0.15) is 0 Å². The topological polar surface area (TPSA) is 58.9 Å². The van der Waals surface area contributed by atoms with Gasteiger partial charge in [0.15, 0.2) is 0 Å². The Labute approximate surface area is 193 Å². The van der Waals surface area contributed by atoms with E-state index in [1.54, 1.807) is 12.1 Å². The minimum Gasteiger partial charge on any atom is -0.507 e. The van der Waals surface area contributed by atoms with Gasteiger partial charge in [0, 0.05) is 23.3 Å². The van der Waals surface area contributed by atoms with Gasteiger partial charge < -0.3 is 19.7 Å². The van der Waals surface area contributed by atoms with Gasteiger partial charge in [0.05, 0.1) is 18.6 Å². The Bertz CT molecular complexity index is 1220. The summed E-state index contributed by atoms with van der Waals surface area (Å²) in [6.07, 6.45) is 0. The van der Waals surface area contributed by atoms with E-state index in [0.29, 0.717) is 35.8 Å². The molecule has 1 aliphatic carbocycles. The minimum atomic E-state index is -0.906. The van der Waals surface area contributed by atoms with Crippen LogP contribution < -0.4 is 9.47 Å². The molecule has 0 amide bonds. The fourth-order valence-electron chi connectivity index (χ4n) is 5.13. The molecule has 0 aromatic heterocycles. The predicted molar refractivity (Wildman–Crippen MR) is 129 cm³/mol. The number of hydrogen-bond donors (Lipinski definition) is 2. The van der Waals surface area contributed by atoms with Gasteiger partial charge in [-0.15, -0.1) is 0 Å². The summed E-state index contributed by atoms with van der Waals surface area (Å²) >= 11 is 0. The first-order valence-corrected chi connectivity index (χ1v) is 11.2. The van der Waals surface area contributed by atoms with Crippen LogP contribution in [-0.4, -0.2) is 23.4 Å². The average molecular weight is 439 g/mol. The third-order valence-electron chi connectivity index (χ3n) is 6.32. The lowest BCUT2D eigenvalue weighted by molar-refractivity contribution is 0.336. The van der Waals surface area contributed by atoms with Crippen LogP contribution in [0.25, 0.3) is 11.1 Å². The fourth-order valence-corrected chi connectivity index (χ4v) is 5.13. The number of aromatic hydroxyl groups is 2. The molecule has 0 saturated carbocycles. The zero-order valence-corrected chi connectivity index (χ0v) is 18.7. The molecule has 166 valence electrons. The van der Waals surface area contributed by atoms with Gasteiger partial charge in [-0.1, -0.05) is 60.7 Å². The summed E-state index contributed by atoms with van der Waals surface area (Å²) in [5.41, 5.74) is 4.63. The van der Waals surface area contributed by atoms with Crippen LogP contribution in [0.2, 0.25) is 0 Å². The highest BCUT2D eigenvalue weighted by atomic mass is 16.5. The van der Waals surface area contributed by atoms with Crippen molar-refractivity contribution in [2.75, 3.05) is 13.2 Å². The molecule has 4 aromatic carbocycles. The lowest BCUT2D eigenvalue weighted by Gasteiger charge is -2.34. The van der Waals surface area contributed by atoms with Crippen LogP contribution >= 0.6 is 0 Å². The summed E-state index contributed by atoms with van der Waals surface area (Å²) in [5.74, 6) is 1.43. The SMILES string of the molecule is CCOc1ccc(C2(c3ccc(OCC)cc3O)c3ccccc3-c3ccccc32)c(O)c1. The van der Waals surface area contributed by atoms with Gasteiger partial charge in [0.2, 0.25) is 0 Å². The molecular weight excluding hydrogens is 412 g/mol. The first kappa shape index (κ1) is 21.0. The molecule has 4 aromatic rings. The maximum Gasteiger partial charge on any atom is 0.124 e. The number of phenols is 2. The lowest BCUT2D eigenvalue weighted by Crippen LogP contribution is -2.29. The lowest BCUT2D eigenvalue weighted by atomic mass is 9.67. The summed E-state index contributed by atoms with van der Waals surface area (Å²) in [6, 6.07) is 27.2. The van der Waals surface area contributed by atoms with Gasteiger partial charge >= 0.3 is 0 Å². The Hall–Kier alpha value is -3.92. The predicted octanol–water partition coefficient (Wildman–Crippen LogP) is 6.26. The molecule has 1 aliphatic rings. The van der Waals surface area contributed by atoms with Gasteiger partial charge in [-0.3, -0.25) is 0 Å². The molecule has 0 spiro atoms. The van der Waals surface area contributed by atoms with Crippen molar-refractivity contribution in [3.05, 3.63) is 107 Å². The Balaban J connectivity index is 1.88. The van der Waals surface area contributed by atoms with Crippen molar-refractivity contribution in [2.24, 2.45) is 0 Å². The standard InChI is InChI=1S/C29H26O4/c1-3-32-19-13-15-25(27(30)17-19)29(26-16-14-20(33-4-2)18-28(26)31)23-11-7-5-9-21(23)22-10-6-8-12-24(22)29/h5-18,30-31H,3-4H2,1-2H3. The third kappa shape index (κ3) is 3.13. The van der Waals surface area contributed by atoms with Crippen LogP contribution in [0.5, 0.6) is 23.0 Å². The fraction of sp³-hybridized carbons (Fsp3) is 0.172. The second-order valence-corrected chi connectivity index (χ2v) is 8.07. The molecule has 0 heterocycles. The Kier molecular flexibility index (Phi) is 5.21. The van der Waals surface area contributed by atoms with E-state index >= 15 is 0 Å². The molecule has 0 fully saturated rings. The van der Waals surface area contributed by atoms with E-state index in [2.05, 4.69) is 24.3 Å². The van der Waals surface area contributed by atoms with Gasteiger partial charge in [0.25, 0.3) is 0 Å². The van der Waals surface area contributed by atoms with E-state index in [0.717, 1.165) is 22.3 Å². The van der Waals surface area contributed by atoms with Crippen molar-refractivity contribution < 1.29 is 19.7 Å². The van der Waals surface area contributed by atoms with E-state index in [1.165, 1.54) is 0 Å². The van der Waals surface area contributed by atoms with E-state index < -0.39 is 5.41 Å². The van der Waals surface area contributed by atoms with Crippen molar-refractivity contribution >= 4 is 0 Å². The first-order valence-electron chi connectivity index (χ1n) is 11.2. The summed E-state index contributed by atoms with van der Waals surface area (Å²) < 4.78 is 11.2. The highest BCUT2D eigenvalue weighted by Gasteiger charge is 2.48. The molecule has 0 atom stereocenters. The normalized spacial score (nSPS) is 13.3. The number of phenolic OH excluding ortho intramolecular Hbond substituents is 2. The molecular formula is C29H26O4. The summed E-state index contributed by atoms with van der Waals surface area (Å²) in [4.78, 5) is 0. The van der Waals surface area contributed by atoms with Crippen LogP contribution in [0.15, 0.2) is 84.9 Å². The first-order chi connectivity index (χ1) is 16.1. The summed E-state index contributed by atoms with van der Waals surface area (Å²) in [7, 11) is 0. The smallest absolute Gasteiger partial charge is 0.124 e. The van der Waals surface area contributed by atoms with Crippen LogP contribution in [0.1, 0.15) is 36.1 Å². The molecule has 33 heavy (non-hydrogen) atoms. The quantitative estimate of drug-likeness (QED) is 0.329. The van der Waals surface area contributed by atoms with E-state index in [4.69, 9.17) is 9.47 Å². The van der Waals surface area contributed by atoms with Crippen molar-refractivity contribution in [2.45, 2.75) is 19.3 Å². The molecule has 0 saturated heterocycles. The molecule has 0 aliphatic heterocycles. The monoisotopic (exact) mass is 438 g/mol. The second-order valence-electron chi connectivity index (χ2n) is 8.07. The number of hydrogen-bond acceptors (Lipinski definition) is 4. The van der Waals surface area contributed by atoms with Gasteiger partial charge in [-0.25, -0.2) is 0 Å². The minimum absolute atomic E-state index is 0.112. The van der Waals surface area contributed by atoms with E-state index in [9.17, 15) is 10.2 Å². The summed E-state index contributed by atoms with van der Waals surface area (Å²) in [6.45, 7) is 4.84. The molecule has 4 heteroatoms. The zero-order valence-electron chi connectivity index (χ0n) is 18.7. The van der Waals surface area contributed by atoms with Gasteiger partial charge in [-0.05, 0) is 48.2 Å². The number of ether oxygens (including phenoxy) is 2. The molecule has 0 unspecified atom stereocenters. The van der Waals surface area contributed by atoms with Gasteiger partial charge in [0.1, 0.15) is 23.0 Å². The molecule has 0 radical (unpaired) electrons.